The third-order valence-electron chi connectivity index (χ3n) is 2.65. The summed E-state index contributed by atoms with van der Waals surface area (Å²) in [5, 5.41) is 21.6. The van der Waals surface area contributed by atoms with Gasteiger partial charge in [0.1, 0.15) is 5.75 Å². The Balaban J connectivity index is 1.88. The van der Waals surface area contributed by atoms with E-state index in [4.69, 9.17) is 14.6 Å². The normalized spacial score (nSPS) is 13.0. The highest BCUT2D eigenvalue weighted by Gasteiger charge is 2.16. The summed E-state index contributed by atoms with van der Waals surface area (Å²) in [5.74, 6) is 1.48. The minimum absolute atomic E-state index is 0.210. The molecular weight excluding hydrogens is 222 g/mol. The van der Waals surface area contributed by atoms with E-state index < -0.39 is 0 Å². The fourth-order valence-corrected chi connectivity index (χ4v) is 1.70. The number of phenolic OH excluding ortho intramolecular Hbond substituents is 1. The molecule has 5 nitrogen and oxygen atoms in total. The van der Waals surface area contributed by atoms with Crippen LogP contribution in [0.3, 0.4) is 0 Å². The van der Waals surface area contributed by atoms with Gasteiger partial charge in [0.2, 0.25) is 6.79 Å². The number of aromatic hydroxyl groups is 1. The van der Waals surface area contributed by atoms with E-state index in [1.54, 1.807) is 12.1 Å². The number of hydrogen-bond donors (Lipinski definition) is 3. The van der Waals surface area contributed by atoms with Gasteiger partial charge in [-0.3, -0.25) is 0 Å². The lowest BCUT2D eigenvalue weighted by Gasteiger charge is -2.07. The van der Waals surface area contributed by atoms with Crippen molar-refractivity contribution >= 4 is 0 Å². The van der Waals surface area contributed by atoms with E-state index in [1.807, 2.05) is 0 Å². The number of benzene rings is 1. The van der Waals surface area contributed by atoms with E-state index in [0.29, 0.717) is 18.0 Å². The third kappa shape index (κ3) is 3.01. The van der Waals surface area contributed by atoms with Crippen molar-refractivity contribution in [3.8, 4) is 17.2 Å². The Kier molecular flexibility index (Phi) is 4.06. The fraction of sp³-hybridized carbons (Fsp3) is 0.500. The van der Waals surface area contributed by atoms with Crippen LogP contribution in [0, 0.1) is 0 Å². The number of nitrogens with one attached hydrogen (secondary N) is 1. The Labute approximate surface area is 100.0 Å². The molecule has 1 aromatic rings. The minimum Gasteiger partial charge on any atom is -0.507 e. The standard InChI is InChI=1S/C12H17NO4/c14-4-2-1-3-13-7-9-5-11-12(6-10(9)15)17-8-16-11/h5-6,13-15H,1-4,7-8H2. The second-order valence-corrected chi connectivity index (χ2v) is 3.94. The molecule has 0 aliphatic carbocycles. The number of aliphatic hydroxyl groups is 1. The van der Waals surface area contributed by atoms with Gasteiger partial charge in [0, 0.05) is 24.8 Å². The van der Waals surface area contributed by atoms with Gasteiger partial charge in [0.25, 0.3) is 0 Å². The Morgan fingerprint density at radius 3 is 2.71 bits per heavy atom. The first-order chi connectivity index (χ1) is 8.31. The molecule has 1 aliphatic heterocycles. The molecule has 3 N–H and O–H groups in total. The first kappa shape index (κ1) is 12.0. The van der Waals surface area contributed by atoms with Crippen LogP contribution in [0.15, 0.2) is 12.1 Å². The predicted molar refractivity (Wildman–Crippen MR) is 62.3 cm³/mol. The number of fused-ring (bicyclic) bond motifs is 1. The maximum absolute atomic E-state index is 9.76. The van der Waals surface area contributed by atoms with E-state index in [2.05, 4.69) is 5.32 Å². The summed E-state index contributed by atoms with van der Waals surface area (Å²) in [7, 11) is 0. The second kappa shape index (κ2) is 5.75. The largest absolute Gasteiger partial charge is 0.507 e. The highest BCUT2D eigenvalue weighted by atomic mass is 16.7. The van der Waals surface area contributed by atoms with Crippen LogP contribution >= 0.6 is 0 Å². The molecule has 1 aromatic carbocycles. The van der Waals surface area contributed by atoms with Crippen molar-refractivity contribution in [3.05, 3.63) is 17.7 Å². The van der Waals surface area contributed by atoms with Crippen molar-refractivity contribution in [1.82, 2.24) is 5.32 Å². The monoisotopic (exact) mass is 239 g/mol. The topological polar surface area (TPSA) is 71.0 Å². The Morgan fingerprint density at radius 2 is 1.94 bits per heavy atom. The van der Waals surface area contributed by atoms with Crippen LogP contribution < -0.4 is 14.8 Å². The lowest BCUT2D eigenvalue weighted by atomic mass is 10.1. The van der Waals surface area contributed by atoms with Gasteiger partial charge in [-0.2, -0.15) is 0 Å². The minimum atomic E-state index is 0.210. The van der Waals surface area contributed by atoms with Crippen molar-refractivity contribution in [1.29, 1.82) is 0 Å². The van der Waals surface area contributed by atoms with E-state index in [0.717, 1.165) is 24.9 Å². The molecule has 0 amide bonds. The summed E-state index contributed by atoms with van der Waals surface area (Å²) in [5.41, 5.74) is 0.790. The molecule has 0 bridgehead atoms. The molecule has 5 heteroatoms. The molecule has 94 valence electrons. The second-order valence-electron chi connectivity index (χ2n) is 3.94. The molecule has 0 spiro atoms. The first-order valence-corrected chi connectivity index (χ1v) is 5.74. The summed E-state index contributed by atoms with van der Waals surface area (Å²) in [6.07, 6.45) is 1.71. The van der Waals surface area contributed by atoms with Crippen LogP contribution in [0.2, 0.25) is 0 Å². The molecule has 0 atom stereocenters. The molecule has 0 saturated carbocycles. The third-order valence-corrected chi connectivity index (χ3v) is 2.65. The molecule has 0 unspecified atom stereocenters. The maximum Gasteiger partial charge on any atom is 0.231 e. The predicted octanol–water partition coefficient (Wildman–Crippen LogP) is 0.983. The van der Waals surface area contributed by atoms with E-state index in [1.165, 1.54) is 0 Å². The molecule has 0 fully saturated rings. The van der Waals surface area contributed by atoms with Gasteiger partial charge in [-0.25, -0.2) is 0 Å². The van der Waals surface area contributed by atoms with Crippen molar-refractivity contribution in [3.63, 3.8) is 0 Å². The Morgan fingerprint density at radius 1 is 1.18 bits per heavy atom. The molecule has 1 heterocycles. The molecule has 0 radical (unpaired) electrons. The van der Waals surface area contributed by atoms with Gasteiger partial charge < -0.3 is 25.0 Å². The number of hydrogen-bond acceptors (Lipinski definition) is 5. The van der Waals surface area contributed by atoms with Gasteiger partial charge >= 0.3 is 0 Å². The van der Waals surface area contributed by atoms with Crippen LogP contribution in [0.5, 0.6) is 17.2 Å². The van der Waals surface area contributed by atoms with Crippen molar-refractivity contribution in [2.24, 2.45) is 0 Å². The van der Waals surface area contributed by atoms with E-state index in [-0.39, 0.29) is 19.1 Å². The lowest BCUT2D eigenvalue weighted by Crippen LogP contribution is -2.15. The van der Waals surface area contributed by atoms with Gasteiger partial charge in [0.05, 0.1) is 0 Å². The summed E-state index contributed by atoms with van der Waals surface area (Å²) in [4.78, 5) is 0. The fourth-order valence-electron chi connectivity index (χ4n) is 1.70. The number of phenols is 1. The lowest BCUT2D eigenvalue weighted by molar-refractivity contribution is 0.174. The van der Waals surface area contributed by atoms with Gasteiger partial charge in [-0.15, -0.1) is 0 Å². The van der Waals surface area contributed by atoms with E-state index >= 15 is 0 Å². The molecular formula is C12H17NO4. The van der Waals surface area contributed by atoms with Crippen molar-refractivity contribution < 1.29 is 19.7 Å². The zero-order valence-electron chi connectivity index (χ0n) is 9.61. The summed E-state index contributed by atoms with van der Waals surface area (Å²) in [6.45, 7) is 1.82. The highest BCUT2D eigenvalue weighted by molar-refractivity contribution is 5.51. The van der Waals surface area contributed by atoms with Gasteiger partial charge in [-0.1, -0.05) is 0 Å². The zero-order valence-corrected chi connectivity index (χ0v) is 9.61. The number of unbranched alkanes of at least 4 members (excludes halogenated alkanes) is 1. The van der Waals surface area contributed by atoms with Crippen molar-refractivity contribution in [2.75, 3.05) is 19.9 Å². The summed E-state index contributed by atoms with van der Waals surface area (Å²) < 4.78 is 10.4. The van der Waals surface area contributed by atoms with Crippen LogP contribution in [-0.2, 0) is 6.54 Å². The first-order valence-electron chi connectivity index (χ1n) is 5.74. The molecule has 1 aliphatic rings. The van der Waals surface area contributed by atoms with Crippen LogP contribution in [-0.4, -0.2) is 30.2 Å². The van der Waals surface area contributed by atoms with Crippen LogP contribution in [0.4, 0.5) is 0 Å². The smallest absolute Gasteiger partial charge is 0.231 e. The molecule has 0 aromatic heterocycles. The number of ether oxygens (including phenoxy) is 2. The molecule has 0 saturated heterocycles. The molecule has 17 heavy (non-hydrogen) atoms. The SMILES string of the molecule is OCCCCNCc1cc2c(cc1O)OCO2. The molecule has 2 rings (SSSR count). The summed E-state index contributed by atoms with van der Waals surface area (Å²) >= 11 is 0. The number of rotatable bonds is 6. The van der Waals surface area contributed by atoms with Gasteiger partial charge in [-0.05, 0) is 25.5 Å². The average Bonchev–Trinajstić information content (AvgIpc) is 2.76. The van der Waals surface area contributed by atoms with Crippen LogP contribution in [0.1, 0.15) is 18.4 Å². The van der Waals surface area contributed by atoms with Crippen molar-refractivity contribution in [2.45, 2.75) is 19.4 Å². The highest BCUT2D eigenvalue weighted by Crippen LogP contribution is 2.37. The average molecular weight is 239 g/mol. The maximum atomic E-state index is 9.76. The van der Waals surface area contributed by atoms with E-state index in [9.17, 15) is 5.11 Å². The Hall–Kier alpha value is -1.46. The Bertz CT molecular complexity index is 381. The summed E-state index contributed by atoms with van der Waals surface area (Å²) in [6, 6.07) is 3.36. The van der Waals surface area contributed by atoms with Crippen LogP contribution in [0.25, 0.3) is 0 Å². The van der Waals surface area contributed by atoms with Gasteiger partial charge in [0.15, 0.2) is 11.5 Å². The zero-order chi connectivity index (χ0) is 12.1. The number of aliphatic hydroxyl groups excluding tert-OH is 1. The quantitative estimate of drug-likeness (QED) is 0.646.